The van der Waals surface area contributed by atoms with E-state index in [1.165, 1.54) is 18.5 Å². The largest absolute Gasteiger partial charge is 0.493 e. The van der Waals surface area contributed by atoms with E-state index >= 15 is 0 Å². The fraction of sp³-hybridized carbons (Fsp3) is 0. The maximum Gasteiger partial charge on any atom is 0.328 e. The monoisotopic (exact) mass is 339 g/mol. The Kier molecular flexibility index (Phi) is 3.84. The maximum atomic E-state index is 11.7. The van der Waals surface area contributed by atoms with E-state index < -0.39 is 28.7 Å². The number of carbonyl (C=O) groups is 1. The number of halogens is 1. The molecule has 2 aromatic rings. The predicted molar refractivity (Wildman–Crippen MR) is 70.1 cm³/mol. The van der Waals surface area contributed by atoms with Gasteiger partial charge in [-0.05, 0) is 22.0 Å². The van der Waals surface area contributed by atoms with Crippen LogP contribution in [0.3, 0.4) is 0 Å². The van der Waals surface area contributed by atoms with E-state index in [1.807, 2.05) is 9.97 Å². The molecule has 1 amide bonds. The second-order valence-electron chi connectivity index (χ2n) is 3.50. The van der Waals surface area contributed by atoms with E-state index in [-0.39, 0.29) is 5.56 Å². The highest BCUT2D eigenvalue weighted by Gasteiger charge is 2.10. The first-order chi connectivity index (χ1) is 9.47. The van der Waals surface area contributed by atoms with Crippen LogP contribution in [0, 0.1) is 0 Å². The number of azo groups is 1. The Bertz CT molecular complexity index is 810. The highest BCUT2D eigenvalue weighted by molar-refractivity contribution is 9.10. The minimum atomic E-state index is -0.963. The van der Waals surface area contributed by atoms with Gasteiger partial charge < -0.3 is 5.11 Å². The number of aromatic nitrogens is 3. The second-order valence-corrected chi connectivity index (χ2v) is 4.42. The van der Waals surface area contributed by atoms with Gasteiger partial charge in [-0.15, -0.1) is 10.2 Å². The molecule has 0 aromatic carbocycles. The van der Waals surface area contributed by atoms with Gasteiger partial charge in [0.25, 0.3) is 11.5 Å². The molecule has 2 aromatic heterocycles. The summed E-state index contributed by atoms with van der Waals surface area (Å²) in [5.41, 5.74) is -2.28. The zero-order valence-corrected chi connectivity index (χ0v) is 11.2. The standard InChI is InChI=1S/C10H6BrN5O4/c11-5-1-4(2-12-3-5)7(17)16-15-6-8(18)13-10(20)14-9(6)19/h1-3H,(H3,13,14,18,19,20). The van der Waals surface area contributed by atoms with E-state index in [4.69, 9.17) is 0 Å². The number of hydrogen-bond acceptors (Lipinski definition) is 6. The number of nitrogens with zero attached hydrogens (tertiary/aromatic N) is 3. The summed E-state index contributed by atoms with van der Waals surface area (Å²) in [6.45, 7) is 0. The zero-order valence-electron chi connectivity index (χ0n) is 9.62. The average Bonchev–Trinajstić information content (AvgIpc) is 2.37. The summed E-state index contributed by atoms with van der Waals surface area (Å²) < 4.78 is 0.572. The van der Waals surface area contributed by atoms with Crippen molar-refractivity contribution in [3.05, 3.63) is 49.3 Å². The van der Waals surface area contributed by atoms with Crippen LogP contribution in [0.5, 0.6) is 5.88 Å². The van der Waals surface area contributed by atoms with Gasteiger partial charge >= 0.3 is 5.69 Å². The predicted octanol–water partition coefficient (Wildman–Crippen LogP) is 0.850. The van der Waals surface area contributed by atoms with Crippen LogP contribution in [0.1, 0.15) is 10.4 Å². The minimum absolute atomic E-state index is 0.142. The van der Waals surface area contributed by atoms with Gasteiger partial charge in [-0.3, -0.25) is 24.5 Å². The molecular formula is C10H6BrN5O4. The van der Waals surface area contributed by atoms with Crippen molar-refractivity contribution in [3.8, 4) is 5.88 Å². The topological polar surface area (TPSA) is 141 Å². The molecule has 0 aliphatic heterocycles. The molecule has 20 heavy (non-hydrogen) atoms. The van der Waals surface area contributed by atoms with E-state index in [1.54, 1.807) is 0 Å². The van der Waals surface area contributed by atoms with Gasteiger partial charge in [0.1, 0.15) is 0 Å². The molecule has 2 rings (SSSR count). The van der Waals surface area contributed by atoms with Gasteiger partial charge in [-0.1, -0.05) is 0 Å². The molecule has 0 unspecified atom stereocenters. The molecule has 0 radical (unpaired) electrons. The van der Waals surface area contributed by atoms with Crippen LogP contribution in [-0.4, -0.2) is 26.0 Å². The zero-order chi connectivity index (χ0) is 14.7. The van der Waals surface area contributed by atoms with Crippen molar-refractivity contribution in [3.63, 3.8) is 0 Å². The van der Waals surface area contributed by atoms with Gasteiger partial charge in [-0.2, -0.15) is 0 Å². The number of rotatable bonds is 2. The summed E-state index contributed by atoms with van der Waals surface area (Å²) in [5, 5.41) is 15.9. The Morgan fingerprint density at radius 3 is 2.70 bits per heavy atom. The number of aromatic hydroxyl groups is 1. The first kappa shape index (κ1) is 13.8. The lowest BCUT2D eigenvalue weighted by atomic mass is 10.3. The number of H-pyrrole nitrogens is 2. The van der Waals surface area contributed by atoms with Gasteiger partial charge in [0.2, 0.25) is 11.6 Å². The Morgan fingerprint density at radius 2 is 2.05 bits per heavy atom. The maximum absolute atomic E-state index is 11.7. The summed E-state index contributed by atoms with van der Waals surface area (Å²) in [6.07, 6.45) is 2.75. The van der Waals surface area contributed by atoms with Crippen LogP contribution < -0.4 is 11.2 Å². The van der Waals surface area contributed by atoms with Crippen LogP contribution in [-0.2, 0) is 0 Å². The molecule has 0 saturated carbocycles. The molecule has 10 heteroatoms. The van der Waals surface area contributed by atoms with Crippen LogP contribution in [0.4, 0.5) is 5.69 Å². The average molecular weight is 340 g/mol. The van der Waals surface area contributed by atoms with Crippen molar-refractivity contribution in [2.45, 2.75) is 0 Å². The quantitative estimate of drug-likeness (QED) is 0.695. The van der Waals surface area contributed by atoms with E-state index in [9.17, 15) is 19.5 Å². The van der Waals surface area contributed by atoms with Crippen molar-refractivity contribution in [1.82, 2.24) is 15.0 Å². The molecule has 9 nitrogen and oxygen atoms in total. The third-order valence-electron chi connectivity index (χ3n) is 2.09. The molecule has 0 aliphatic carbocycles. The van der Waals surface area contributed by atoms with E-state index in [2.05, 4.69) is 31.1 Å². The van der Waals surface area contributed by atoms with Crippen LogP contribution in [0.25, 0.3) is 0 Å². The van der Waals surface area contributed by atoms with Crippen molar-refractivity contribution in [1.29, 1.82) is 0 Å². The van der Waals surface area contributed by atoms with Gasteiger partial charge in [0, 0.05) is 16.9 Å². The number of hydrogen-bond donors (Lipinski definition) is 3. The van der Waals surface area contributed by atoms with Gasteiger partial charge in [0.05, 0.1) is 5.56 Å². The Labute approximate surface area is 118 Å². The number of nitrogens with one attached hydrogen (secondary N) is 2. The summed E-state index contributed by atoms with van der Waals surface area (Å²) in [7, 11) is 0. The minimum Gasteiger partial charge on any atom is -0.493 e. The molecule has 2 heterocycles. The van der Waals surface area contributed by atoms with E-state index in [0.717, 1.165) is 0 Å². The van der Waals surface area contributed by atoms with Crippen LogP contribution in [0.2, 0.25) is 0 Å². The summed E-state index contributed by atoms with van der Waals surface area (Å²) >= 11 is 3.14. The van der Waals surface area contributed by atoms with Gasteiger partial charge in [-0.25, -0.2) is 4.79 Å². The van der Waals surface area contributed by atoms with Crippen LogP contribution >= 0.6 is 15.9 Å². The lowest BCUT2D eigenvalue weighted by Crippen LogP contribution is -2.21. The molecule has 0 aliphatic rings. The lowest BCUT2D eigenvalue weighted by molar-refractivity contribution is 0.0994. The molecule has 0 saturated heterocycles. The molecule has 102 valence electrons. The molecular weight excluding hydrogens is 334 g/mol. The van der Waals surface area contributed by atoms with Crippen molar-refractivity contribution in [2.75, 3.05) is 0 Å². The third-order valence-corrected chi connectivity index (χ3v) is 2.52. The second kappa shape index (κ2) is 5.57. The highest BCUT2D eigenvalue weighted by atomic mass is 79.9. The normalized spacial score (nSPS) is 10.8. The molecule has 3 N–H and O–H groups in total. The van der Waals surface area contributed by atoms with Crippen molar-refractivity contribution < 1.29 is 9.90 Å². The molecule has 0 atom stereocenters. The Hall–Kier alpha value is -2.62. The van der Waals surface area contributed by atoms with Crippen molar-refractivity contribution in [2.24, 2.45) is 10.2 Å². The Balaban J connectivity index is 2.33. The fourth-order valence-electron chi connectivity index (χ4n) is 1.24. The third kappa shape index (κ3) is 3.03. The van der Waals surface area contributed by atoms with Gasteiger partial charge in [0.15, 0.2) is 0 Å². The molecule has 0 bridgehead atoms. The summed E-state index contributed by atoms with van der Waals surface area (Å²) in [6, 6.07) is 1.46. The SMILES string of the molecule is O=C(N=Nc1c(O)[nH]c(=O)[nH]c1=O)c1cncc(Br)c1. The summed E-state index contributed by atoms with van der Waals surface area (Å²) in [5.74, 6) is -1.54. The summed E-state index contributed by atoms with van der Waals surface area (Å²) in [4.78, 5) is 41.4. The number of aromatic amines is 2. The highest BCUT2D eigenvalue weighted by Crippen LogP contribution is 2.17. The number of amides is 1. The number of pyridine rings is 1. The molecule has 0 spiro atoms. The smallest absolute Gasteiger partial charge is 0.328 e. The first-order valence-electron chi connectivity index (χ1n) is 5.09. The number of carbonyl (C=O) groups excluding carboxylic acids is 1. The first-order valence-corrected chi connectivity index (χ1v) is 5.89. The van der Waals surface area contributed by atoms with Crippen molar-refractivity contribution >= 4 is 27.5 Å². The lowest BCUT2D eigenvalue weighted by Gasteiger charge is -1.96. The Morgan fingerprint density at radius 1 is 1.30 bits per heavy atom. The fourth-order valence-corrected chi connectivity index (χ4v) is 1.61. The van der Waals surface area contributed by atoms with E-state index in [0.29, 0.717) is 4.47 Å². The molecule has 0 fully saturated rings. The van der Waals surface area contributed by atoms with Crippen LogP contribution in [0.15, 0.2) is 42.8 Å².